The second kappa shape index (κ2) is 9.05. The molecule has 0 radical (unpaired) electrons. The molecule has 1 aliphatic heterocycles. The lowest BCUT2D eigenvalue weighted by Crippen LogP contribution is -2.09. The van der Waals surface area contributed by atoms with E-state index in [4.69, 9.17) is 23.8 Å². The summed E-state index contributed by atoms with van der Waals surface area (Å²) in [5, 5.41) is 3.92. The van der Waals surface area contributed by atoms with Crippen LogP contribution < -0.4 is 18.9 Å². The number of nitrogens with zero attached hydrogens (tertiary/aromatic N) is 2. The highest BCUT2D eigenvalue weighted by Gasteiger charge is 2.19. The molecule has 0 aliphatic carbocycles. The summed E-state index contributed by atoms with van der Waals surface area (Å²) in [5.74, 6) is 2.51. The van der Waals surface area contributed by atoms with Crippen molar-refractivity contribution in [3.05, 3.63) is 65.0 Å². The molecule has 1 aliphatic rings. The van der Waals surface area contributed by atoms with Gasteiger partial charge in [-0.3, -0.25) is 4.79 Å². The minimum absolute atomic E-state index is 0.163. The predicted molar refractivity (Wildman–Crippen MR) is 119 cm³/mol. The lowest BCUT2D eigenvalue weighted by molar-refractivity contribution is 0.0778. The Bertz CT molecular complexity index is 1180. The molecule has 1 aromatic heterocycles. The molecule has 32 heavy (non-hydrogen) atoms. The minimum Gasteiger partial charge on any atom is -0.497 e. The first-order valence-corrected chi connectivity index (χ1v) is 10.0. The topological polar surface area (TPSA) is 80.5 Å². The number of hydrogen-bond acceptors (Lipinski definition) is 7. The summed E-state index contributed by atoms with van der Waals surface area (Å²) in [7, 11) is 3.15. The molecule has 2 heterocycles. The maximum absolute atomic E-state index is 12.8. The number of fused-ring (bicyclic) bond motifs is 1. The summed E-state index contributed by atoms with van der Waals surface area (Å²) in [6.07, 6.45) is 1.50. The number of aromatic nitrogens is 1. The molecular weight excluding hydrogens is 412 g/mol. The lowest BCUT2D eigenvalue weighted by Gasteiger charge is -2.10. The van der Waals surface area contributed by atoms with Crippen molar-refractivity contribution < 1.29 is 28.6 Å². The van der Waals surface area contributed by atoms with Gasteiger partial charge in [0.25, 0.3) is 0 Å². The molecule has 166 valence electrons. The van der Waals surface area contributed by atoms with Crippen LogP contribution in [-0.2, 0) is 4.84 Å². The molecule has 0 bridgehead atoms. The number of carbonyl (C=O) groups is 1. The van der Waals surface area contributed by atoms with Crippen molar-refractivity contribution in [1.29, 1.82) is 0 Å². The number of aryl methyl sites for hydroxylation is 1. The number of oxime groups is 1. The van der Waals surface area contributed by atoms with Gasteiger partial charge in [-0.25, -0.2) is 0 Å². The van der Waals surface area contributed by atoms with Gasteiger partial charge in [0.1, 0.15) is 11.5 Å². The van der Waals surface area contributed by atoms with Crippen LogP contribution in [0.2, 0.25) is 0 Å². The number of hydrogen-bond donors (Lipinski definition) is 0. The minimum atomic E-state index is -0.180. The summed E-state index contributed by atoms with van der Waals surface area (Å²) in [4.78, 5) is 18.0. The lowest BCUT2D eigenvalue weighted by atomic mass is 10.1. The number of rotatable bonds is 8. The van der Waals surface area contributed by atoms with Gasteiger partial charge < -0.3 is 28.4 Å². The average Bonchev–Trinajstić information content (AvgIpc) is 3.39. The SMILES string of the molecule is COc1ccc(C=NOCC(=O)c2cc(C)n(-c3ccc4c(c3)OCO4)c2C)c(OC)c1. The van der Waals surface area contributed by atoms with E-state index in [1.165, 1.54) is 6.21 Å². The molecule has 0 unspecified atom stereocenters. The summed E-state index contributed by atoms with van der Waals surface area (Å²) in [5.41, 5.74) is 3.93. The highest BCUT2D eigenvalue weighted by atomic mass is 16.7. The van der Waals surface area contributed by atoms with Gasteiger partial charge in [-0.2, -0.15) is 0 Å². The molecule has 0 saturated heterocycles. The van der Waals surface area contributed by atoms with Crippen LogP contribution >= 0.6 is 0 Å². The van der Waals surface area contributed by atoms with Gasteiger partial charge in [0.05, 0.1) is 20.4 Å². The first kappa shape index (κ1) is 21.3. The predicted octanol–water partition coefficient (Wildman–Crippen LogP) is 4.07. The maximum atomic E-state index is 12.8. The van der Waals surface area contributed by atoms with Crippen molar-refractivity contribution in [3.8, 4) is 28.7 Å². The number of ketones is 1. The van der Waals surface area contributed by atoms with Gasteiger partial charge in [0.2, 0.25) is 12.6 Å². The van der Waals surface area contributed by atoms with Gasteiger partial charge in [-0.1, -0.05) is 5.16 Å². The standard InChI is InChI=1S/C24H24N2O6/c1-15-9-20(16(2)26(15)18-6-8-22-24(10-18)31-14-30-22)21(27)13-32-25-12-17-5-7-19(28-3)11-23(17)29-4/h5-12H,13-14H2,1-4H3. The molecule has 8 nitrogen and oxygen atoms in total. The highest BCUT2D eigenvalue weighted by Crippen LogP contribution is 2.35. The number of Topliss-reactive ketones (excluding diaryl/α,β-unsaturated/α-hetero) is 1. The van der Waals surface area contributed by atoms with E-state index in [9.17, 15) is 4.79 Å². The molecule has 0 amide bonds. The quantitative estimate of drug-likeness (QED) is 0.301. The van der Waals surface area contributed by atoms with Crippen molar-refractivity contribution in [1.82, 2.24) is 4.57 Å². The van der Waals surface area contributed by atoms with E-state index in [1.807, 2.05) is 42.7 Å². The van der Waals surface area contributed by atoms with Crippen molar-refractivity contribution in [2.24, 2.45) is 5.16 Å². The third kappa shape index (κ3) is 4.12. The molecule has 0 spiro atoms. The fraction of sp³-hybridized carbons (Fsp3) is 0.250. The van der Waals surface area contributed by atoms with Crippen LogP contribution in [0.1, 0.15) is 27.3 Å². The highest BCUT2D eigenvalue weighted by molar-refractivity contribution is 5.98. The Morgan fingerprint density at radius 3 is 2.66 bits per heavy atom. The van der Waals surface area contributed by atoms with Gasteiger partial charge >= 0.3 is 0 Å². The van der Waals surface area contributed by atoms with Crippen molar-refractivity contribution in [3.63, 3.8) is 0 Å². The van der Waals surface area contributed by atoms with Crippen LogP contribution in [0.5, 0.6) is 23.0 Å². The summed E-state index contributed by atoms with van der Waals surface area (Å²) >= 11 is 0. The number of methoxy groups -OCH3 is 2. The second-order valence-electron chi connectivity index (χ2n) is 7.20. The average molecular weight is 436 g/mol. The van der Waals surface area contributed by atoms with E-state index in [-0.39, 0.29) is 19.2 Å². The van der Waals surface area contributed by atoms with Crippen LogP contribution in [0.3, 0.4) is 0 Å². The fourth-order valence-corrected chi connectivity index (χ4v) is 3.66. The van der Waals surface area contributed by atoms with Crippen molar-refractivity contribution in [2.45, 2.75) is 13.8 Å². The zero-order valence-electron chi connectivity index (χ0n) is 18.4. The Labute approximate surface area is 185 Å². The molecule has 0 saturated carbocycles. The van der Waals surface area contributed by atoms with Gasteiger partial charge in [-0.05, 0) is 44.2 Å². The Hall–Kier alpha value is -3.94. The molecule has 0 N–H and O–H groups in total. The molecule has 4 rings (SSSR count). The van der Waals surface area contributed by atoms with Crippen LogP contribution in [0.4, 0.5) is 0 Å². The van der Waals surface area contributed by atoms with Gasteiger partial charge in [-0.15, -0.1) is 0 Å². The first-order chi connectivity index (χ1) is 15.5. The van der Waals surface area contributed by atoms with Crippen LogP contribution in [0, 0.1) is 13.8 Å². The van der Waals surface area contributed by atoms with E-state index < -0.39 is 0 Å². The van der Waals surface area contributed by atoms with Crippen LogP contribution in [-0.4, -0.2) is 44.2 Å². The molecule has 2 aromatic carbocycles. The molecule has 8 heteroatoms. The fourth-order valence-electron chi connectivity index (χ4n) is 3.66. The third-order valence-corrected chi connectivity index (χ3v) is 5.25. The van der Waals surface area contributed by atoms with Crippen molar-refractivity contribution in [2.75, 3.05) is 27.6 Å². The van der Waals surface area contributed by atoms with Gasteiger partial charge in [0, 0.05) is 40.3 Å². The first-order valence-electron chi connectivity index (χ1n) is 10.0. The monoisotopic (exact) mass is 436 g/mol. The number of ether oxygens (including phenoxy) is 4. The normalized spacial score (nSPS) is 12.2. The largest absolute Gasteiger partial charge is 0.497 e. The van der Waals surface area contributed by atoms with Crippen molar-refractivity contribution >= 4 is 12.0 Å². The number of carbonyl (C=O) groups excluding carboxylic acids is 1. The van der Waals surface area contributed by atoms with E-state index >= 15 is 0 Å². The van der Waals surface area contributed by atoms with E-state index in [0.29, 0.717) is 34.1 Å². The zero-order chi connectivity index (χ0) is 22.7. The van der Waals surface area contributed by atoms with E-state index in [1.54, 1.807) is 32.4 Å². The number of benzene rings is 2. The third-order valence-electron chi connectivity index (χ3n) is 5.25. The summed E-state index contributed by atoms with van der Waals surface area (Å²) in [6, 6.07) is 12.9. The van der Waals surface area contributed by atoms with E-state index in [0.717, 1.165) is 17.1 Å². The second-order valence-corrected chi connectivity index (χ2v) is 7.20. The van der Waals surface area contributed by atoms with Crippen LogP contribution in [0.25, 0.3) is 5.69 Å². The van der Waals surface area contributed by atoms with Gasteiger partial charge in [0.15, 0.2) is 18.1 Å². The summed E-state index contributed by atoms with van der Waals surface area (Å²) < 4.78 is 23.4. The Morgan fingerprint density at radius 1 is 1.06 bits per heavy atom. The Morgan fingerprint density at radius 2 is 1.88 bits per heavy atom. The Kier molecular flexibility index (Phi) is 6.02. The van der Waals surface area contributed by atoms with Crippen LogP contribution in [0.15, 0.2) is 47.6 Å². The summed E-state index contributed by atoms with van der Waals surface area (Å²) in [6.45, 7) is 3.88. The maximum Gasteiger partial charge on any atom is 0.231 e. The molecule has 3 aromatic rings. The van der Waals surface area contributed by atoms with E-state index in [2.05, 4.69) is 5.16 Å². The molecule has 0 fully saturated rings. The zero-order valence-corrected chi connectivity index (χ0v) is 18.4. The Balaban J connectivity index is 1.46. The molecule has 0 atom stereocenters. The molecular formula is C24H24N2O6. The smallest absolute Gasteiger partial charge is 0.231 e.